The molecule has 2 rings (SSSR count). The van der Waals surface area contributed by atoms with Crippen LogP contribution < -0.4 is 43.3 Å². The predicted molar refractivity (Wildman–Crippen MR) is 135 cm³/mol. The SMILES string of the molecule is Cc1ccccc1OCCNN=C(N)N.Cc1ccccc1OCCNN=C(N)N.O=S(=O)(O)O. The topological polar surface area (TPSA) is 246 Å². The molecule has 0 bridgehead atoms. The first-order valence-electron chi connectivity index (χ1n) is 10.1. The van der Waals surface area contributed by atoms with Gasteiger partial charge in [0.05, 0.1) is 13.1 Å². The summed E-state index contributed by atoms with van der Waals surface area (Å²) in [5.74, 6) is 1.80. The fourth-order valence-corrected chi connectivity index (χ4v) is 2.14. The Bertz CT molecular complexity index is 950. The Balaban J connectivity index is 0.000000555. The lowest BCUT2D eigenvalue weighted by Gasteiger charge is -2.08. The van der Waals surface area contributed by atoms with Gasteiger partial charge in [-0.3, -0.25) is 9.11 Å². The molecule has 0 saturated heterocycles. The van der Waals surface area contributed by atoms with E-state index in [1.54, 1.807) is 0 Å². The number of hydrogen-bond donors (Lipinski definition) is 8. The number of para-hydroxylation sites is 2. The summed E-state index contributed by atoms with van der Waals surface area (Å²) >= 11 is 0. The average molecular weight is 515 g/mol. The van der Waals surface area contributed by atoms with Crippen molar-refractivity contribution in [3.8, 4) is 11.5 Å². The molecule has 0 aliphatic rings. The molecule has 0 spiro atoms. The lowest BCUT2D eigenvalue weighted by molar-refractivity contribution is 0.313. The van der Waals surface area contributed by atoms with Gasteiger partial charge in [-0.25, -0.2) is 0 Å². The van der Waals surface area contributed by atoms with Crippen LogP contribution in [0, 0.1) is 13.8 Å². The Morgan fingerprint density at radius 2 is 1.09 bits per heavy atom. The van der Waals surface area contributed by atoms with Crippen LogP contribution in [-0.2, 0) is 10.4 Å². The number of guanidine groups is 2. The van der Waals surface area contributed by atoms with Crippen molar-refractivity contribution in [1.29, 1.82) is 0 Å². The highest BCUT2D eigenvalue weighted by Gasteiger charge is 1.97. The number of nitrogens with one attached hydrogen (secondary N) is 2. The van der Waals surface area contributed by atoms with Gasteiger partial charge in [0.1, 0.15) is 24.7 Å². The van der Waals surface area contributed by atoms with Crippen molar-refractivity contribution in [2.75, 3.05) is 26.3 Å². The Labute approximate surface area is 204 Å². The highest BCUT2D eigenvalue weighted by molar-refractivity contribution is 7.79. The van der Waals surface area contributed by atoms with Crippen LogP contribution in [0.4, 0.5) is 0 Å². The van der Waals surface area contributed by atoms with E-state index in [9.17, 15) is 0 Å². The largest absolute Gasteiger partial charge is 0.491 e. The molecule has 2 aromatic carbocycles. The standard InChI is InChI=1S/2C10H16N4O.H2O4S/c2*1-8-4-2-3-5-9(8)15-7-6-13-14-10(11)12;1-5(2,3)4/h2*2-5,13H,6-7H2,1H3,(H4,11,12,14);(H2,1,2,3,4). The zero-order valence-electron chi connectivity index (χ0n) is 19.6. The Morgan fingerprint density at radius 3 is 1.37 bits per heavy atom. The molecule has 12 N–H and O–H groups in total. The summed E-state index contributed by atoms with van der Waals surface area (Å²) in [7, 11) is -4.67. The molecule has 2 aromatic rings. The minimum absolute atomic E-state index is 0.0193. The molecule has 0 radical (unpaired) electrons. The summed E-state index contributed by atoms with van der Waals surface area (Å²) in [6.45, 7) is 6.15. The summed E-state index contributed by atoms with van der Waals surface area (Å²) in [6, 6.07) is 15.7. The molecule has 15 heteroatoms. The lowest BCUT2D eigenvalue weighted by Crippen LogP contribution is -2.27. The Kier molecular flexibility index (Phi) is 15.5. The molecule has 0 saturated carbocycles. The second kappa shape index (κ2) is 17.5. The molecule has 0 fully saturated rings. The van der Waals surface area contributed by atoms with E-state index in [1.807, 2.05) is 62.4 Å². The number of hydrazone groups is 2. The highest BCUT2D eigenvalue weighted by atomic mass is 32.3. The second-order valence-electron chi connectivity index (χ2n) is 6.57. The summed E-state index contributed by atoms with van der Waals surface area (Å²) in [4.78, 5) is 0. The van der Waals surface area contributed by atoms with Gasteiger partial charge in [0.25, 0.3) is 0 Å². The van der Waals surface area contributed by atoms with Crippen LogP contribution in [0.25, 0.3) is 0 Å². The van der Waals surface area contributed by atoms with Crippen molar-refractivity contribution < 1.29 is 27.0 Å². The van der Waals surface area contributed by atoms with Gasteiger partial charge in [-0.15, -0.1) is 10.2 Å². The Hall–Kier alpha value is -3.95. The maximum atomic E-state index is 8.74. The summed E-state index contributed by atoms with van der Waals surface area (Å²) in [6.07, 6.45) is 0. The van der Waals surface area contributed by atoms with Crippen LogP contribution in [0.3, 0.4) is 0 Å². The van der Waals surface area contributed by atoms with Gasteiger partial charge in [-0.05, 0) is 37.1 Å². The predicted octanol–water partition coefficient (Wildman–Crippen LogP) is -0.349. The molecule has 0 heterocycles. The van der Waals surface area contributed by atoms with E-state index in [2.05, 4.69) is 21.1 Å². The number of ether oxygens (including phenoxy) is 2. The summed E-state index contributed by atoms with van der Waals surface area (Å²) in [5.41, 5.74) is 28.1. The van der Waals surface area contributed by atoms with Crippen LogP contribution in [0.2, 0.25) is 0 Å². The van der Waals surface area contributed by atoms with Crippen molar-refractivity contribution >= 4 is 22.3 Å². The number of nitrogens with zero attached hydrogens (tertiary/aromatic N) is 2. The van der Waals surface area contributed by atoms with E-state index in [4.69, 9.17) is 49.9 Å². The van der Waals surface area contributed by atoms with Crippen molar-refractivity contribution in [2.24, 2.45) is 33.1 Å². The first-order chi connectivity index (χ1) is 16.4. The number of aryl methyl sites for hydroxylation is 2. The van der Waals surface area contributed by atoms with Crippen molar-refractivity contribution in [3.63, 3.8) is 0 Å². The normalized spacial score (nSPS) is 9.71. The molecule has 35 heavy (non-hydrogen) atoms. The third kappa shape index (κ3) is 20.4. The zero-order valence-corrected chi connectivity index (χ0v) is 20.4. The van der Waals surface area contributed by atoms with E-state index in [0.29, 0.717) is 26.3 Å². The monoisotopic (exact) mass is 514 g/mol. The molecular formula is C20H34N8O6S. The van der Waals surface area contributed by atoms with Crippen LogP contribution in [0.15, 0.2) is 58.7 Å². The van der Waals surface area contributed by atoms with Crippen molar-refractivity contribution in [1.82, 2.24) is 10.9 Å². The first-order valence-corrected chi connectivity index (χ1v) is 11.5. The second-order valence-corrected chi connectivity index (χ2v) is 7.46. The van der Waals surface area contributed by atoms with Crippen LogP contribution in [-0.4, -0.2) is 55.7 Å². The quantitative estimate of drug-likeness (QED) is 0.0666. The number of nitrogens with two attached hydrogens (primary N) is 4. The average Bonchev–Trinajstić information content (AvgIpc) is 2.75. The van der Waals surface area contributed by atoms with Gasteiger partial charge in [-0.2, -0.15) is 8.42 Å². The van der Waals surface area contributed by atoms with E-state index in [1.165, 1.54) is 0 Å². The summed E-state index contributed by atoms with van der Waals surface area (Å²) in [5, 5.41) is 7.24. The molecule has 14 nitrogen and oxygen atoms in total. The number of hydrogen-bond acceptors (Lipinski definition) is 8. The van der Waals surface area contributed by atoms with E-state index >= 15 is 0 Å². The third-order valence-corrected chi connectivity index (χ3v) is 3.55. The molecule has 196 valence electrons. The first kappa shape index (κ1) is 31.0. The molecule has 0 aliphatic heterocycles. The van der Waals surface area contributed by atoms with E-state index in [-0.39, 0.29) is 11.9 Å². The molecule has 0 amide bonds. The highest BCUT2D eigenvalue weighted by Crippen LogP contribution is 2.16. The molecule has 0 atom stereocenters. The van der Waals surface area contributed by atoms with Crippen LogP contribution in [0.1, 0.15) is 11.1 Å². The lowest BCUT2D eigenvalue weighted by atomic mass is 10.2. The number of rotatable bonds is 10. The van der Waals surface area contributed by atoms with Crippen LogP contribution >= 0.6 is 0 Å². The fourth-order valence-electron chi connectivity index (χ4n) is 2.14. The fraction of sp³-hybridized carbons (Fsp3) is 0.300. The Morgan fingerprint density at radius 1 is 0.771 bits per heavy atom. The van der Waals surface area contributed by atoms with Crippen molar-refractivity contribution in [2.45, 2.75) is 13.8 Å². The van der Waals surface area contributed by atoms with Gasteiger partial charge < -0.3 is 43.3 Å². The van der Waals surface area contributed by atoms with E-state index in [0.717, 1.165) is 22.6 Å². The molecule has 0 aliphatic carbocycles. The zero-order chi connectivity index (χ0) is 26.7. The minimum Gasteiger partial charge on any atom is -0.491 e. The minimum atomic E-state index is -4.67. The third-order valence-electron chi connectivity index (χ3n) is 3.55. The van der Waals surface area contributed by atoms with Gasteiger partial charge in [-0.1, -0.05) is 36.4 Å². The smallest absolute Gasteiger partial charge is 0.394 e. The van der Waals surface area contributed by atoms with Gasteiger partial charge in [0, 0.05) is 0 Å². The van der Waals surface area contributed by atoms with Gasteiger partial charge >= 0.3 is 10.4 Å². The number of benzene rings is 2. The maximum Gasteiger partial charge on any atom is 0.394 e. The molecule has 0 unspecified atom stereocenters. The van der Waals surface area contributed by atoms with Crippen LogP contribution in [0.5, 0.6) is 11.5 Å². The van der Waals surface area contributed by atoms with E-state index < -0.39 is 10.4 Å². The summed E-state index contributed by atoms with van der Waals surface area (Å²) < 4.78 is 42.6. The van der Waals surface area contributed by atoms with Gasteiger partial charge in [0.15, 0.2) is 0 Å². The van der Waals surface area contributed by atoms with Crippen molar-refractivity contribution in [3.05, 3.63) is 59.7 Å². The molecular weight excluding hydrogens is 480 g/mol. The maximum absolute atomic E-state index is 8.74. The molecule has 0 aromatic heterocycles. The van der Waals surface area contributed by atoms with Gasteiger partial charge in [0.2, 0.25) is 11.9 Å².